The predicted octanol–water partition coefficient (Wildman–Crippen LogP) is 25.7. The number of amides is 1. The van der Waals surface area contributed by atoms with Gasteiger partial charge in [0.2, 0.25) is 5.91 Å². The highest BCUT2D eigenvalue weighted by molar-refractivity contribution is 5.76. The van der Waals surface area contributed by atoms with Crippen molar-refractivity contribution in [1.82, 2.24) is 5.32 Å². The number of hydrogen-bond donors (Lipinski definition) is 3. The fourth-order valence-electron chi connectivity index (χ4n) is 12.6. The van der Waals surface area contributed by atoms with Crippen LogP contribution in [0, 0.1) is 0 Å². The maximum atomic E-state index is 12.6. The molecule has 0 saturated carbocycles. The molecule has 2 atom stereocenters. The van der Waals surface area contributed by atoms with Crippen molar-refractivity contribution in [2.24, 2.45) is 0 Å². The van der Waals surface area contributed by atoms with E-state index in [1.54, 1.807) is 0 Å². The second kappa shape index (κ2) is 74.8. The molecule has 0 fully saturated rings. The summed E-state index contributed by atoms with van der Waals surface area (Å²) in [6.45, 7) is 5.00. The zero-order chi connectivity index (χ0) is 61.3. The van der Waals surface area contributed by atoms with Crippen LogP contribution in [0.1, 0.15) is 444 Å². The molecule has 6 heteroatoms. The van der Waals surface area contributed by atoms with Gasteiger partial charge in [0.15, 0.2) is 0 Å². The number of esters is 1. The Morgan fingerprint density at radius 1 is 0.329 bits per heavy atom. The summed E-state index contributed by atoms with van der Waals surface area (Å²) in [5.74, 6) is -0.0209. The molecule has 0 aliphatic rings. The summed E-state index contributed by atoms with van der Waals surface area (Å²) < 4.78 is 5.51. The van der Waals surface area contributed by atoms with Gasteiger partial charge in [-0.1, -0.05) is 398 Å². The van der Waals surface area contributed by atoms with Crippen molar-refractivity contribution in [1.29, 1.82) is 0 Å². The van der Waals surface area contributed by atoms with Crippen molar-refractivity contribution < 1.29 is 24.5 Å². The van der Waals surface area contributed by atoms with Crippen LogP contribution in [0.2, 0.25) is 0 Å². The summed E-state index contributed by atoms with van der Waals surface area (Å²) in [4.78, 5) is 24.7. The molecule has 0 heterocycles. The Bertz CT molecular complexity index is 1330. The van der Waals surface area contributed by atoms with Gasteiger partial charge in [0.05, 0.1) is 25.4 Å². The lowest BCUT2D eigenvalue weighted by atomic mass is 10.0. The van der Waals surface area contributed by atoms with Gasteiger partial charge in [-0.25, -0.2) is 0 Å². The molecule has 1 amide bonds. The number of carbonyl (C=O) groups is 2. The van der Waals surface area contributed by atoms with E-state index in [0.717, 1.165) is 44.9 Å². The number of ether oxygens (including phenoxy) is 1. The molecule has 2 unspecified atom stereocenters. The van der Waals surface area contributed by atoms with Crippen molar-refractivity contribution in [2.45, 2.75) is 456 Å². The first-order valence-corrected chi connectivity index (χ1v) is 39.1. The SMILES string of the molecule is CCCCCCCCCCCCCCCCCCCCCCCCCCCC(O)C(CO)NC(=O)CCCCCCCCCCC/C=C\C/C=C\CCCCCCCCCCCOC(=O)CCCCCCCCCCCCCCCCCCCC. The number of hydrogen-bond acceptors (Lipinski definition) is 5. The normalized spacial score (nSPS) is 12.6. The number of aliphatic hydroxyl groups is 2. The molecule has 0 saturated heterocycles. The van der Waals surface area contributed by atoms with Crippen molar-refractivity contribution >= 4 is 11.9 Å². The van der Waals surface area contributed by atoms with E-state index in [1.807, 2.05) is 0 Å². The zero-order valence-corrected chi connectivity index (χ0v) is 57.9. The minimum absolute atomic E-state index is 0.0147. The van der Waals surface area contributed by atoms with Gasteiger partial charge in [0.1, 0.15) is 0 Å². The molecule has 0 bridgehead atoms. The quantitative estimate of drug-likeness (QED) is 0.0320. The Balaban J connectivity index is 3.41. The molecule has 0 spiro atoms. The topological polar surface area (TPSA) is 95.9 Å². The van der Waals surface area contributed by atoms with E-state index < -0.39 is 12.1 Å². The van der Waals surface area contributed by atoms with Gasteiger partial charge >= 0.3 is 5.97 Å². The van der Waals surface area contributed by atoms with E-state index in [9.17, 15) is 19.8 Å². The van der Waals surface area contributed by atoms with Gasteiger partial charge in [0.25, 0.3) is 0 Å². The zero-order valence-electron chi connectivity index (χ0n) is 57.9. The van der Waals surface area contributed by atoms with Gasteiger partial charge in [-0.3, -0.25) is 9.59 Å². The van der Waals surface area contributed by atoms with Gasteiger partial charge in [-0.15, -0.1) is 0 Å². The molecule has 3 N–H and O–H groups in total. The van der Waals surface area contributed by atoms with Crippen LogP contribution in [0.15, 0.2) is 24.3 Å². The average Bonchev–Trinajstić information content (AvgIpc) is 3.51. The van der Waals surface area contributed by atoms with Crippen LogP contribution in [-0.4, -0.2) is 47.4 Å². The summed E-state index contributed by atoms with van der Waals surface area (Å²) in [6, 6.07) is -0.548. The number of rotatable bonds is 74. The summed E-state index contributed by atoms with van der Waals surface area (Å²) >= 11 is 0. The lowest BCUT2D eigenvalue weighted by molar-refractivity contribution is -0.143. The maximum absolute atomic E-state index is 12.6. The van der Waals surface area contributed by atoms with E-state index >= 15 is 0 Å². The summed E-state index contributed by atoms with van der Waals surface area (Å²) in [7, 11) is 0. The first-order valence-electron chi connectivity index (χ1n) is 39.1. The van der Waals surface area contributed by atoms with Crippen LogP contribution in [0.4, 0.5) is 0 Å². The second-order valence-corrected chi connectivity index (χ2v) is 27.0. The number of aliphatic hydroxyl groups excluding tert-OH is 2. The average molecular weight is 1200 g/mol. The molecular formula is C79H153NO5. The van der Waals surface area contributed by atoms with Crippen LogP contribution >= 0.6 is 0 Å². The molecule has 6 nitrogen and oxygen atoms in total. The van der Waals surface area contributed by atoms with E-state index in [4.69, 9.17) is 4.74 Å². The number of nitrogens with one attached hydrogen (secondary N) is 1. The molecule has 0 radical (unpaired) electrons. The van der Waals surface area contributed by atoms with Crippen molar-refractivity contribution in [3.63, 3.8) is 0 Å². The van der Waals surface area contributed by atoms with Crippen LogP contribution in [0.3, 0.4) is 0 Å². The number of allylic oxidation sites excluding steroid dienone is 4. The molecule has 504 valence electrons. The van der Waals surface area contributed by atoms with Crippen LogP contribution in [-0.2, 0) is 14.3 Å². The van der Waals surface area contributed by atoms with Crippen LogP contribution in [0.5, 0.6) is 0 Å². The lowest BCUT2D eigenvalue weighted by Gasteiger charge is -2.22. The molecule has 85 heavy (non-hydrogen) atoms. The standard InChI is InChI=1S/C79H153NO5/c1-3-5-7-9-11-13-15-17-19-21-23-24-25-27-30-33-36-39-43-47-51-55-59-63-67-71-77(82)76(75-81)80-78(83)72-68-64-60-56-52-48-44-40-37-34-31-28-26-29-32-35-38-42-46-50-54-58-62-66-70-74-85-79(84)73-69-65-61-57-53-49-45-41-22-20-18-16-14-12-10-8-6-4-2/h28-29,31-32,76-77,81-82H,3-27,30,33-75H2,1-2H3,(H,80,83)/b31-28-,32-29-. The third kappa shape index (κ3) is 71.3. The monoisotopic (exact) mass is 1200 g/mol. The first kappa shape index (κ1) is 83.3. The minimum Gasteiger partial charge on any atom is -0.466 e. The van der Waals surface area contributed by atoms with Crippen LogP contribution < -0.4 is 5.32 Å². The van der Waals surface area contributed by atoms with E-state index in [0.29, 0.717) is 25.9 Å². The van der Waals surface area contributed by atoms with Gasteiger partial charge in [-0.05, 0) is 57.8 Å². The predicted molar refractivity (Wildman–Crippen MR) is 375 cm³/mol. The van der Waals surface area contributed by atoms with E-state index in [2.05, 4.69) is 43.5 Å². The molecule has 0 aromatic carbocycles. The largest absolute Gasteiger partial charge is 0.466 e. The molecule has 0 aliphatic heterocycles. The first-order chi connectivity index (χ1) is 42.0. The third-order valence-corrected chi connectivity index (χ3v) is 18.5. The fourth-order valence-corrected chi connectivity index (χ4v) is 12.6. The van der Waals surface area contributed by atoms with Crippen molar-refractivity contribution in [2.75, 3.05) is 13.2 Å². The molecular weight excluding hydrogens is 1040 g/mol. The highest BCUT2D eigenvalue weighted by Gasteiger charge is 2.20. The molecule has 0 aromatic heterocycles. The Morgan fingerprint density at radius 2 is 0.588 bits per heavy atom. The molecule has 0 aromatic rings. The summed E-state index contributed by atoms with van der Waals surface area (Å²) in [5.41, 5.74) is 0. The minimum atomic E-state index is -0.670. The van der Waals surface area contributed by atoms with Gasteiger partial charge < -0.3 is 20.3 Å². The Kier molecular flexibility index (Phi) is 73.3. The smallest absolute Gasteiger partial charge is 0.305 e. The van der Waals surface area contributed by atoms with E-state index in [-0.39, 0.29) is 18.5 Å². The summed E-state index contributed by atoms with van der Waals surface area (Å²) in [6.07, 6.45) is 95.4. The third-order valence-electron chi connectivity index (χ3n) is 18.5. The van der Waals surface area contributed by atoms with Crippen molar-refractivity contribution in [3.05, 3.63) is 24.3 Å². The number of unbranched alkanes of at least 4 members (excludes halogenated alkanes) is 59. The Labute approximate surface area is 532 Å². The van der Waals surface area contributed by atoms with Crippen LogP contribution in [0.25, 0.3) is 0 Å². The van der Waals surface area contributed by atoms with Gasteiger partial charge in [0, 0.05) is 12.8 Å². The van der Waals surface area contributed by atoms with E-state index in [1.165, 1.54) is 366 Å². The Morgan fingerprint density at radius 3 is 0.894 bits per heavy atom. The highest BCUT2D eigenvalue weighted by Crippen LogP contribution is 2.20. The second-order valence-electron chi connectivity index (χ2n) is 27.0. The fraction of sp³-hybridized carbons (Fsp3) is 0.924. The highest BCUT2D eigenvalue weighted by atomic mass is 16.5. The Hall–Kier alpha value is -1.66. The molecule has 0 aliphatic carbocycles. The molecule has 0 rings (SSSR count). The maximum Gasteiger partial charge on any atom is 0.305 e. The lowest BCUT2D eigenvalue weighted by Crippen LogP contribution is -2.45. The summed E-state index contributed by atoms with van der Waals surface area (Å²) in [5, 5.41) is 23.5. The van der Waals surface area contributed by atoms with Gasteiger partial charge in [-0.2, -0.15) is 0 Å². The number of carbonyl (C=O) groups excluding carboxylic acids is 2. The van der Waals surface area contributed by atoms with Crippen molar-refractivity contribution in [3.8, 4) is 0 Å².